The van der Waals surface area contributed by atoms with Crippen LogP contribution in [0.4, 0.5) is 11.4 Å². The van der Waals surface area contributed by atoms with Crippen molar-refractivity contribution in [2.75, 3.05) is 23.7 Å². The van der Waals surface area contributed by atoms with Gasteiger partial charge in [0.05, 0.1) is 36.2 Å². The second-order valence-corrected chi connectivity index (χ2v) is 4.37. The molecular formula is C13H15N5O2. The maximum atomic E-state index is 11.2. The summed E-state index contributed by atoms with van der Waals surface area (Å²) in [5.41, 5.74) is 17.9. The van der Waals surface area contributed by atoms with Gasteiger partial charge in [0, 0.05) is 5.39 Å². The van der Waals surface area contributed by atoms with E-state index in [0.717, 1.165) is 5.39 Å². The highest BCUT2D eigenvalue weighted by atomic mass is 16.2. The Morgan fingerprint density at radius 1 is 1.10 bits per heavy atom. The number of hydrogen-bond acceptors (Lipinski definition) is 5. The summed E-state index contributed by atoms with van der Waals surface area (Å²) >= 11 is 0. The molecule has 0 spiro atoms. The van der Waals surface area contributed by atoms with E-state index in [2.05, 4.69) is 4.98 Å². The molecule has 7 heteroatoms. The van der Waals surface area contributed by atoms with Crippen LogP contribution < -0.4 is 22.1 Å². The van der Waals surface area contributed by atoms with Crippen LogP contribution in [0.2, 0.25) is 0 Å². The smallest absolute Gasteiger partial charge is 0.236 e. The molecule has 0 saturated carbocycles. The van der Waals surface area contributed by atoms with E-state index in [4.69, 9.17) is 17.2 Å². The molecule has 1 aromatic heterocycles. The van der Waals surface area contributed by atoms with Crippen molar-refractivity contribution in [3.8, 4) is 0 Å². The lowest BCUT2D eigenvalue weighted by molar-refractivity contribution is -0.117. The second kappa shape index (κ2) is 5.43. The monoisotopic (exact) mass is 273 g/mol. The van der Waals surface area contributed by atoms with E-state index in [0.29, 0.717) is 16.9 Å². The van der Waals surface area contributed by atoms with Gasteiger partial charge in [0.25, 0.3) is 0 Å². The number of nitrogen functional groups attached to an aromatic ring is 1. The molecule has 6 N–H and O–H groups in total. The molecule has 0 fully saturated rings. The maximum Gasteiger partial charge on any atom is 0.236 e. The Labute approximate surface area is 115 Å². The number of carbonyl (C=O) groups excluding carboxylic acids is 2. The Kier molecular flexibility index (Phi) is 3.69. The van der Waals surface area contributed by atoms with Crippen LogP contribution in [0, 0.1) is 0 Å². The van der Waals surface area contributed by atoms with Crippen LogP contribution in [0.5, 0.6) is 0 Å². The number of para-hydroxylation sites is 1. The van der Waals surface area contributed by atoms with Crippen molar-refractivity contribution in [1.82, 2.24) is 4.98 Å². The highest BCUT2D eigenvalue weighted by Gasteiger charge is 2.18. The zero-order valence-corrected chi connectivity index (χ0v) is 10.7. The number of pyridine rings is 1. The fourth-order valence-corrected chi connectivity index (χ4v) is 2.09. The van der Waals surface area contributed by atoms with E-state index >= 15 is 0 Å². The van der Waals surface area contributed by atoms with Gasteiger partial charge in [-0.05, 0) is 6.07 Å². The van der Waals surface area contributed by atoms with Crippen molar-refractivity contribution in [3.05, 3.63) is 30.5 Å². The van der Waals surface area contributed by atoms with Gasteiger partial charge in [-0.25, -0.2) is 0 Å². The first kappa shape index (κ1) is 13.6. The van der Waals surface area contributed by atoms with E-state index < -0.39 is 11.8 Å². The molecule has 1 heterocycles. The van der Waals surface area contributed by atoms with Crippen molar-refractivity contribution in [1.29, 1.82) is 0 Å². The number of benzene rings is 1. The number of amides is 2. The van der Waals surface area contributed by atoms with Gasteiger partial charge >= 0.3 is 0 Å². The van der Waals surface area contributed by atoms with Gasteiger partial charge in [-0.3, -0.25) is 14.6 Å². The minimum atomic E-state index is -0.577. The van der Waals surface area contributed by atoms with Crippen LogP contribution in [0.3, 0.4) is 0 Å². The number of nitrogens with two attached hydrogens (primary N) is 3. The summed E-state index contributed by atoms with van der Waals surface area (Å²) in [4.78, 5) is 28.0. The van der Waals surface area contributed by atoms with E-state index in [-0.39, 0.29) is 13.1 Å². The predicted molar refractivity (Wildman–Crippen MR) is 76.8 cm³/mol. The fraction of sp³-hybridized carbons (Fsp3) is 0.154. The van der Waals surface area contributed by atoms with E-state index in [1.165, 1.54) is 11.1 Å². The summed E-state index contributed by atoms with van der Waals surface area (Å²) < 4.78 is 0. The summed E-state index contributed by atoms with van der Waals surface area (Å²) in [6.45, 7) is -0.303. The lowest BCUT2D eigenvalue weighted by atomic mass is 10.1. The minimum absolute atomic E-state index is 0.152. The Balaban J connectivity index is 2.59. The third-order valence-corrected chi connectivity index (χ3v) is 2.78. The van der Waals surface area contributed by atoms with Crippen molar-refractivity contribution in [3.63, 3.8) is 0 Å². The van der Waals surface area contributed by atoms with Crippen molar-refractivity contribution < 1.29 is 9.59 Å². The van der Waals surface area contributed by atoms with Crippen molar-refractivity contribution >= 4 is 34.1 Å². The van der Waals surface area contributed by atoms with Gasteiger partial charge in [0.1, 0.15) is 0 Å². The molecule has 104 valence electrons. The summed E-state index contributed by atoms with van der Waals surface area (Å²) in [7, 11) is 0. The highest BCUT2D eigenvalue weighted by Crippen LogP contribution is 2.30. The van der Waals surface area contributed by atoms with Crippen LogP contribution in [0.15, 0.2) is 30.5 Å². The van der Waals surface area contributed by atoms with Gasteiger partial charge in [-0.2, -0.15) is 0 Å². The number of anilines is 2. The summed E-state index contributed by atoms with van der Waals surface area (Å²) in [6, 6.07) is 7.27. The molecule has 7 nitrogen and oxygen atoms in total. The fourth-order valence-electron chi connectivity index (χ4n) is 2.09. The normalized spacial score (nSPS) is 10.4. The molecule has 0 bridgehead atoms. The quantitative estimate of drug-likeness (QED) is 0.682. The third-order valence-electron chi connectivity index (χ3n) is 2.78. The molecule has 0 unspecified atom stereocenters. The molecule has 0 saturated heterocycles. The molecule has 2 rings (SSSR count). The van der Waals surface area contributed by atoms with Crippen molar-refractivity contribution in [2.45, 2.75) is 0 Å². The molecule has 2 aromatic rings. The number of primary amides is 2. The lowest BCUT2D eigenvalue weighted by Gasteiger charge is -2.24. The van der Waals surface area contributed by atoms with E-state index in [1.807, 2.05) is 24.3 Å². The molecule has 1 aromatic carbocycles. The third kappa shape index (κ3) is 2.77. The number of carbonyl (C=O) groups is 2. The van der Waals surface area contributed by atoms with Crippen LogP contribution >= 0.6 is 0 Å². The number of fused-ring (bicyclic) bond motifs is 1. The average Bonchev–Trinajstić information content (AvgIpc) is 2.36. The molecular weight excluding hydrogens is 258 g/mol. The standard InChI is InChI=1S/C13H15N5O2/c14-9-5-17-10-4-2-1-3-8(10)13(9)18(6-11(15)19)7-12(16)20/h1-5H,6-7,14H2,(H2,15,19)(H2,16,20). The first-order valence-corrected chi connectivity index (χ1v) is 5.94. The Bertz CT molecular complexity index is 655. The van der Waals surface area contributed by atoms with Crippen LogP contribution in [0.1, 0.15) is 0 Å². The number of nitrogens with zero attached hydrogens (tertiary/aromatic N) is 2. The van der Waals surface area contributed by atoms with E-state index in [9.17, 15) is 9.59 Å². The van der Waals surface area contributed by atoms with Gasteiger partial charge < -0.3 is 22.1 Å². The predicted octanol–water partition coefficient (Wildman–Crippen LogP) is -0.406. The lowest BCUT2D eigenvalue weighted by Crippen LogP contribution is -2.40. The number of aromatic nitrogens is 1. The Morgan fingerprint density at radius 2 is 1.70 bits per heavy atom. The van der Waals surface area contributed by atoms with Crippen LogP contribution in [0.25, 0.3) is 10.9 Å². The van der Waals surface area contributed by atoms with Gasteiger partial charge in [0.15, 0.2) is 0 Å². The summed E-state index contributed by atoms with van der Waals surface area (Å²) in [5, 5.41) is 0.731. The molecule has 2 amide bonds. The van der Waals surface area contributed by atoms with Gasteiger partial charge in [0.2, 0.25) is 11.8 Å². The van der Waals surface area contributed by atoms with Crippen molar-refractivity contribution in [2.24, 2.45) is 11.5 Å². The zero-order valence-electron chi connectivity index (χ0n) is 10.7. The molecule has 0 radical (unpaired) electrons. The average molecular weight is 273 g/mol. The van der Waals surface area contributed by atoms with Gasteiger partial charge in [-0.1, -0.05) is 18.2 Å². The first-order chi connectivity index (χ1) is 9.49. The maximum absolute atomic E-state index is 11.2. The Morgan fingerprint density at radius 3 is 2.30 bits per heavy atom. The SMILES string of the molecule is NC(=O)CN(CC(N)=O)c1c(N)cnc2ccccc12. The van der Waals surface area contributed by atoms with Crippen LogP contribution in [-0.2, 0) is 9.59 Å². The molecule has 0 aliphatic heterocycles. The minimum Gasteiger partial charge on any atom is -0.396 e. The Hall–Kier alpha value is -2.83. The topological polar surface area (TPSA) is 128 Å². The molecule has 0 aliphatic carbocycles. The number of hydrogen-bond donors (Lipinski definition) is 3. The molecule has 0 atom stereocenters. The van der Waals surface area contributed by atoms with E-state index in [1.54, 1.807) is 0 Å². The largest absolute Gasteiger partial charge is 0.396 e. The van der Waals surface area contributed by atoms with Crippen LogP contribution in [-0.4, -0.2) is 29.9 Å². The summed E-state index contributed by atoms with van der Waals surface area (Å²) in [5.74, 6) is -1.15. The molecule has 20 heavy (non-hydrogen) atoms. The first-order valence-electron chi connectivity index (χ1n) is 5.94. The summed E-state index contributed by atoms with van der Waals surface area (Å²) in [6.07, 6.45) is 1.48. The highest BCUT2D eigenvalue weighted by molar-refractivity contribution is 6.00. The zero-order chi connectivity index (χ0) is 14.7. The number of rotatable bonds is 5. The van der Waals surface area contributed by atoms with Gasteiger partial charge in [-0.15, -0.1) is 0 Å². The molecule has 0 aliphatic rings. The second-order valence-electron chi connectivity index (χ2n) is 4.37.